The van der Waals surface area contributed by atoms with Crippen LogP contribution in [0.25, 0.3) is 0 Å². The van der Waals surface area contributed by atoms with E-state index in [9.17, 15) is 5.21 Å². The summed E-state index contributed by atoms with van der Waals surface area (Å²) in [5.41, 5.74) is 0.729. The Bertz CT molecular complexity index is 262. The molecule has 1 atom stereocenters. The number of aryl methyl sites for hydroxylation is 1. The topological polar surface area (TPSA) is 80.9 Å². The van der Waals surface area contributed by atoms with E-state index in [1.165, 1.54) is 12.3 Å². The highest BCUT2D eigenvalue weighted by Gasteiger charge is 2.08. The van der Waals surface area contributed by atoms with Crippen LogP contribution in [0, 0.1) is 12.1 Å². The second-order valence-electron chi connectivity index (χ2n) is 2.19. The molecule has 60 valence electrons. The lowest BCUT2D eigenvalue weighted by atomic mass is 10.3. The number of aromatic hydroxyl groups is 1. The van der Waals surface area contributed by atoms with Crippen LogP contribution >= 0.6 is 0 Å². The lowest BCUT2D eigenvalue weighted by molar-refractivity contribution is -0.993. The molecular formula is C6H8N2O3. The number of rotatable bonds is 1. The van der Waals surface area contributed by atoms with Gasteiger partial charge in [0.2, 0.25) is 5.75 Å². The maximum atomic E-state index is 10.3. The maximum absolute atomic E-state index is 10.3. The summed E-state index contributed by atoms with van der Waals surface area (Å²) in [5, 5.41) is 26.5. The van der Waals surface area contributed by atoms with Gasteiger partial charge in [0.05, 0.1) is 0 Å². The van der Waals surface area contributed by atoms with E-state index in [1.54, 1.807) is 6.92 Å². The van der Waals surface area contributed by atoms with Crippen LogP contribution in [-0.4, -0.2) is 15.3 Å². The number of pyridine rings is 1. The van der Waals surface area contributed by atoms with Crippen LogP contribution in [0.15, 0.2) is 12.3 Å². The molecule has 0 fully saturated rings. The van der Waals surface area contributed by atoms with Gasteiger partial charge < -0.3 is 10.3 Å². The lowest BCUT2D eigenvalue weighted by Gasteiger charge is -2.10. The lowest BCUT2D eigenvalue weighted by Crippen LogP contribution is -2.99. The van der Waals surface area contributed by atoms with Crippen molar-refractivity contribution in [2.45, 2.75) is 6.92 Å². The second-order valence-corrected chi connectivity index (χ2v) is 2.19. The van der Waals surface area contributed by atoms with Gasteiger partial charge in [0.15, 0.2) is 0 Å². The number of aromatic nitrogens is 1. The monoisotopic (exact) mass is 156 g/mol. The smallest absolute Gasteiger partial charge is 0.301 e. The molecule has 0 aliphatic heterocycles. The molecular weight excluding hydrogens is 148 g/mol. The van der Waals surface area contributed by atoms with Crippen molar-refractivity contribution in [2.75, 3.05) is 0 Å². The maximum Gasteiger partial charge on any atom is 0.301 e. The van der Waals surface area contributed by atoms with E-state index in [1.807, 2.05) is 0 Å². The summed E-state index contributed by atoms with van der Waals surface area (Å²) in [6.07, 6.45) is 1.39. The first-order valence-corrected chi connectivity index (χ1v) is 3.00. The van der Waals surface area contributed by atoms with Crippen LogP contribution in [-0.2, 0) is 0 Å². The average molecular weight is 156 g/mol. The zero-order valence-corrected chi connectivity index (χ0v) is 5.90. The summed E-state index contributed by atoms with van der Waals surface area (Å²) in [5.74, 6) is -0.604. The molecule has 0 saturated heterocycles. The summed E-state index contributed by atoms with van der Waals surface area (Å²) in [6.45, 7) is 1.72. The van der Waals surface area contributed by atoms with Gasteiger partial charge in [-0.05, 0) is 18.6 Å². The first kappa shape index (κ1) is 7.93. The third-order valence-corrected chi connectivity index (χ3v) is 1.21. The quantitative estimate of drug-likeness (QED) is 0.479. The van der Waals surface area contributed by atoms with Gasteiger partial charge >= 0.3 is 5.82 Å². The number of nitrogens with zero attached hydrogens (tertiary/aromatic N) is 1. The van der Waals surface area contributed by atoms with Crippen LogP contribution in [0.5, 0.6) is 5.75 Å². The molecule has 0 spiro atoms. The van der Waals surface area contributed by atoms with Crippen LogP contribution < -0.4 is 5.23 Å². The van der Waals surface area contributed by atoms with Crippen molar-refractivity contribution in [3.63, 3.8) is 0 Å². The van der Waals surface area contributed by atoms with E-state index < -0.39 is 5.23 Å². The van der Waals surface area contributed by atoms with Crippen molar-refractivity contribution in [1.29, 1.82) is 0 Å². The van der Waals surface area contributed by atoms with Crippen LogP contribution in [0.4, 0.5) is 5.82 Å². The summed E-state index contributed by atoms with van der Waals surface area (Å²) in [6, 6.07) is 1.36. The van der Waals surface area contributed by atoms with Crippen molar-refractivity contribution in [3.05, 3.63) is 23.0 Å². The average Bonchev–Trinajstić information content (AvgIpc) is 1.85. The van der Waals surface area contributed by atoms with E-state index in [2.05, 4.69) is 4.98 Å². The van der Waals surface area contributed by atoms with Gasteiger partial charge in [-0.1, -0.05) is 0 Å². The molecule has 0 aliphatic rings. The van der Waals surface area contributed by atoms with Crippen molar-refractivity contribution in [2.24, 2.45) is 0 Å². The predicted octanol–water partition coefficient (Wildman–Crippen LogP) is -0.501. The van der Waals surface area contributed by atoms with Crippen molar-refractivity contribution < 1.29 is 15.5 Å². The number of nitrogens with one attached hydrogen (secondary N) is 1. The fraction of sp³-hybridized carbons (Fsp3) is 0.167. The minimum absolute atomic E-state index is 0.294. The Morgan fingerprint density at radius 3 is 2.73 bits per heavy atom. The largest absolute Gasteiger partial charge is 0.594 e. The molecule has 1 rings (SSSR count). The Balaban J connectivity index is 3.09. The highest BCUT2D eigenvalue weighted by atomic mass is 16.8. The van der Waals surface area contributed by atoms with Gasteiger partial charge in [-0.25, -0.2) is 5.21 Å². The van der Waals surface area contributed by atoms with Crippen LogP contribution in [0.3, 0.4) is 0 Å². The highest BCUT2D eigenvalue weighted by Crippen LogP contribution is 2.15. The van der Waals surface area contributed by atoms with Crippen LogP contribution in [0.1, 0.15) is 5.56 Å². The fourth-order valence-electron chi connectivity index (χ4n) is 0.719. The molecule has 0 saturated carbocycles. The van der Waals surface area contributed by atoms with Crippen molar-refractivity contribution in [1.82, 2.24) is 4.98 Å². The molecule has 0 aliphatic carbocycles. The molecule has 11 heavy (non-hydrogen) atoms. The van der Waals surface area contributed by atoms with Gasteiger partial charge in [-0.15, -0.1) is 0 Å². The molecule has 3 N–H and O–H groups in total. The minimum Gasteiger partial charge on any atom is -0.594 e. The van der Waals surface area contributed by atoms with Gasteiger partial charge in [0.1, 0.15) is 0 Å². The number of hydrogen-bond acceptors (Lipinski definition) is 4. The van der Waals surface area contributed by atoms with E-state index in [-0.39, 0.29) is 11.6 Å². The second kappa shape index (κ2) is 2.83. The van der Waals surface area contributed by atoms with Crippen LogP contribution in [0.2, 0.25) is 0 Å². The molecule has 0 aromatic carbocycles. The molecule has 5 heteroatoms. The first-order valence-electron chi connectivity index (χ1n) is 3.00. The fourth-order valence-corrected chi connectivity index (χ4v) is 0.719. The van der Waals surface area contributed by atoms with Crippen molar-refractivity contribution >= 4 is 5.82 Å². The third-order valence-electron chi connectivity index (χ3n) is 1.21. The molecule has 0 bridgehead atoms. The van der Waals surface area contributed by atoms with E-state index in [0.29, 0.717) is 0 Å². The van der Waals surface area contributed by atoms with Crippen molar-refractivity contribution in [3.8, 4) is 5.75 Å². The van der Waals surface area contributed by atoms with Gasteiger partial charge in [0.25, 0.3) is 0 Å². The van der Waals surface area contributed by atoms with E-state index >= 15 is 0 Å². The molecule has 1 aromatic heterocycles. The molecule has 0 amide bonds. The SMILES string of the molecule is Cc1cnc([NH+]([O-])O)c(O)c1. The first-order chi connectivity index (χ1) is 5.11. The summed E-state index contributed by atoms with van der Waals surface area (Å²) < 4.78 is 0. The van der Waals surface area contributed by atoms with Gasteiger partial charge in [-0.2, -0.15) is 10.2 Å². The molecule has 0 radical (unpaired) electrons. The summed E-state index contributed by atoms with van der Waals surface area (Å²) >= 11 is 0. The summed E-state index contributed by atoms with van der Waals surface area (Å²) in [4.78, 5) is 3.53. The van der Waals surface area contributed by atoms with E-state index in [0.717, 1.165) is 5.56 Å². The van der Waals surface area contributed by atoms with E-state index in [4.69, 9.17) is 10.3 Å². The molecule has 1 heterocycles. The summed E-state index contributed by atoms with van der Waals surface area (Å²) in [7, 11) is 0. The standard InChI is InChI=1S/C6H8N2O3/c1-4-2-5(9)6(7-3-4)8(10)11/h2-3,8-10H,1H3. The molecule has 1 unspecified atom stereocenters. The Hall–Kier alpha value is -1.17. The third kappa shape index (κ3) is 1.64. The Morgan fingerprint density at radius 2 is 2.27 bits per heavy atom. The minimum atomic E-state index is -1.22. The molecule has 5 nitrogen and oxygen atoms in total. The Kier molecular flexibility index (Phi) is 2.04. The Morgan fingerprint density at radius 1 is 1.64 bits per heavy atom. The zero-order valence-electron chi connectivity index (χ0n) is 5.90. The predicted molar refractivity (Wildman–Crippen MR) is 36.4 cm³/mol. The van der Waals surface area contributed by atoms with Gasteiger partial charge in [0, 0.05) is 6.20 Å². The normalized spacial score (nSPS) is 13.0. The highest BCUT2D eigenvalue weighted by molar-refractivity contribution is 5.39. The number of hydrogen-bond donors (Lipinski definition) is 3. The molecule has 1 aromatic rings. The Labute approximate surface area is 63.1 Å². The van der Waals surface area contributed by atoms with Gasteiger partial charge in [-0.3, -0.25) is 0 Å². The number of quaternary nitrogens is 1. The zero-order chi connectivity index (χ0) is 8.43.